The number of rotatable bonds is 6. The second-order valence-electron chi connectivity index (χ2n) is 3.59. The predicted molar refractivity (Wildman–Crippen MR) is 60.9 cm³/mol. The van der Waals surface area contributed by atoms with E-state index in [9.17, 15) is 4.79 Å². The lowest BCUT2D eigenvalue weighted by molar-refractivity contribution is -0.145. The fourth-order valence-corrected chi connectivity index (χ4v) is 1.44. The highest BCUT2D eigenvalue weighted by Crippen LogP contribution is 2.13. The third kappa shape index (κ3) is 3.34. The van der Waals surface area contributed by atoms with E-state index in [1.165, 1.54) is 0 Å². The van der Waals surface area contributed by atoms with Crippen molar-refractivity contribution in [2.75, 3.05) is 13.2 Å². The van der Waals surface area contributed by atoms with Crippen LogP contribution < -0.4 is 5.32 Å². The smallest absolute Gasteiger partial charge is 0.327 e. The second kappa shape index (κ2) is 6.27. The molecule has 1 rings (SSSR count). The van der Waals surface area contributed by atoms with E-state index in [1.54, 1.807) is 17.8 Å². The van der Waals surface area contributed by atoms with Crippen LogP contribution in [0.4, 0.5) is 0 Å². The molecular weight excluding hydrogens is 206 g/mol. The summed E-state index contributed by atoms with van der Waals surface area (Å²) in [6.07, 6.45) is 4.48. The van der Waals surface area contributed by atoms with E-state index < -0.39 is 6.04 Å². The van der Waals surface area contributed by atoms with E-state index in [-0.39, 0.29) is 5.97 Å². The number of aromatic nitrogens is 2. The maximum absolute atomic E-state index is 11.7. The van der Waals surface area contributed by atoms with E-state index >= 15 is 0 Å². The zero-order chi connectivity index (χ0) is 12.0. The fraction of sp³-hybridized carbons (Fsp3) is 0.636. The summed E-state index contributed by atoms with van der Waals surface area (Å²) in [4.78, 5) is 11.7. The summed E-state index contributed by atoms with van der Waals surface area (Å²) in [5, 5.41) is 7.21. The van der Waals surface area contributed by atoms with Crippen LogP contribution in [-0.4, -0.2) is 28.9 Å². The average molecular weight is 225 g/mol. The zero-order valence-electron chi connectivity index (χ0n) is 10.1. The van der Waals surface area contributed by atoms with E-state index in [0.29, 0.717) is 6.61 Å². The molecule has 5 nitrogen and oxygen atoms in total. The number of hydrogen-bond donors (Lipinski definition) is 1. The van der Waals surface area contributed by atoms with Gasteiger partial charge in [-0.25, -0.2) is 4.79 Å². The summed E-state index contributed by atoms with van der Waals surface area (Å²) >= 11 is 0. The molecule has 0 saturated carbocycles. The van der Waals surface area contributed by atoms with Crippen molar-refractivity contribution in [1.29, 1.82) is 0 Å². The Morgan fingerprint density at radius 3 is 2.88 bits per heavy atom. The Balaban J connectivity index is 2.74. The first-order valence-electron chi connectivity index (χ1n) is 5.57. The Kier molecular flexibility index (Phi) is 4.98. The van der Waals surface area contributed by atoms with Crippen molar-refractivity contribution in [3.63, 3.8) is 0 Å². The van der Waals surface area contributed by atoms with Gasteiger partial charge in [-0.05, 0) is 19.9 Å². The lowest BCUT2D eigenvalue weighted by Crippen LogP contribution is -2.30. The van der Waals surface area contributed by atoms with Crippen molar-refractivity contribution < 1.29 is 9.53 Å². The monoisotopic (exact) mass is 225 g/mol. The second-order valence-corrected chi connectivity index (χ2v) is 3.59. The third-order valence-corrected chi connectivity index (χ3v) is 2.18. The molecule has 16 heavy (non-hydrogen) atoms. The maximum atomic E-state index is 11.7. The lowest BCUT2D eigenvalue weighted by Gasteiger charge is -2.15. The minimum Gasteiger partial charge on any atom is -0.465 e. The fourth-order valence-electron chi connectivity index (χ4n) is 1.44. The molecule has 1 unspecified atom stereocenters. The molecule has 0 saturated heterocycles. The van der Waals surface area contributed by atoms with E-state index in [0.717, 1.165) is 18.5 Å². The van der Waals surface area contributed by atoms with Crippen LogP contribution in [0.2, 0.25) is 0 Å². The number of aryl methyl sites for hydroxylation is 1. The predicted octanol–water partition coefficient (Wildman–Crippen LogP) is 1.02. The summed E-state index contributed by atoms with van der Waals surface area (Å²) in [6, 6.07) is -0.409. The van der Waals surface area contributed by atoms with E-state index in [2.05, 4.69) is 17.3 Å². The van der Waals surface area contributed by atoms with Crippen molar-refractivity contribution >= 4 is 5.97 Å². The molecule has 0 aliphatic heterocycles. The van der Waals surface area contributed by atoms with Gasteiger partial charge in [-0.2, -0.15) is 5.10 Å². The van der Waals surface area contributed by atoms with Crippen molar-refractivity contribution in [1.82, 2.24) is 15.1 Å². The Morgan fingerprint density at radius 1 is 1.62 bits per heavy atom. The van der Waals surface area contributed by atoms with Crippen LogP contribution in [0, 0.1) is 0 Å². The first-order valence-corrected chi connectivity index (χ1v) is 5.57. The molecule has 5 heteroatoms. The summed E-state index contributed by atoms with van der Waals surface area (Å²) < 4.78 is 6.70. The molecule has 0 radical (unpaired) electrons. The SMILES string of the molecule is CCCNC(C(=O)OCC)c1cnn(C)c1. The van der Waals surface area contributed by atoms with Crippen molar-refractivity contribution in [2.24, 2.45) is 7.05 Å². The van der Waals surface area contributed by atoms with Gasteiger partial charge in [0, 0.05) is 18.8 Å². The molecule has 1 aromatic heterocycles. The Hall–Kier alpha value is -1.36. The number of nitrogens with zero attached hydrogens (tertiary/aromatic N) is 2. The summed E-state index contributed by atoms with van der Waals surface area (Å²) in [7, 11) is 1.82. The first-order chi connectivity index (χ1) is 7.69. The minimum atomic E-state index is -0.409. The number of esters is 1. The van der Waals surface area contributed by atoms with Gasteiger partial charge in [0.2, 0.25) is 0 Å². The van der Waals surface area contributed by atoms with Gasteiger partial charge < -0.3 is 10.1 Å². The van der Waals surface area contributed by atoms with Gasteiger partial charge in [0.25, 0.3) is 0 Å². The normalized spacial score (nSPS) is 12.4. The Morgan fingerprint density at radius 2 is 2.38 bits per heavy atom. The minimum absolute atomic E-state index is 0.246. The summed E-state index contributed by atoms with van der Waals surface area (Å²) in [5.41, 5.74) is 0.842. The molecule has 1 heterocycles. The number of ether oxygens (including phenoxy) is 1. The molecular formula is C11H19N3O2. The van der Waals surface area contributed by atoms with Crippen LogP contribution >= 0.6 is 0 Å². The molecule has 0 fully saturated rings. The molecule has 0 bridgehead atoms. The number of carbonyl (C=O) groups excluding carboxylic acids is 1. The standard InChI is InChI=1S/C11H19N3O2/c1-4-6-12-10(11(15)16-5-2)9-7-13-14(3)8-9/h7-8,10,12H,4-6H2,1-3H3. The van der Waals surface area contributed by atoms with Crippen LogP contribution in [0.15, 0.2) is 12.4 Å². The lowest BCUT2D eigenvalue weighted by atomic mass is 10.1. The van der Waals surface area contributed by atoms with Gasteiger partial charge in [0.05, 0.1) is 12.8 Å². The first kappa shape index (κ1) is 12.7. The highest BCUT2D eigenvalue weighted by atomic mass is 16.5. The van der Waals surface area contributed by atoms with Crippen LogP contribution in [-0.2, 0) is 16.6 Å². The van der Waals surface area contributed by atoms with Gasteiger partial charge in [-0.3, -0.25) is 4.68 Å². The van der Waals surface area contributed by atoms with Gasteiger partial charge >= 0.3 is 5.97 Å². The van der Waals surface area contributed by atoms with Crippen LogP contribution in [0.5, 0.6) is 0 Å². The van der Waals surface area contributed by atoms with Crippen LogP contribution in [0.3, 0.4) is 0 Å². The summed E-state index contributed by atoms with van der Waals surface area (Å²) in [5.74, 6) is -0.246. The summed E-state index contributed by atoms with van der Waals surface area (Å²) in [6.45, 7) is 5.03. The van der Waals surface area contributed by atoms with Crippen molar-refractivity contribution in [2.45, 2.75) is 26.3 Å². The quantitative estimate of drug-likeness (QED) is 0.734. The molecule has 1 aromatic rings. The van der Waals surface area contributed by atoms with Crippen molar-refractivity contribution in [3.8, 4) is 0 Å². The van der Waals surface area contributed by atoms with Crippen LogP contribution in [0.25, 0.3) is 0 Å². The highest BCUT2D eigenvalue weighted by Gasteiger charge is 2.22. The van der Waals surface area contributed by atoms with E-state index in [4.69, 9.17) is 4.74 Å². The largest absolute Gasteiger partial charge is 0.465 e. The molecule has 0 amide bonds. The Bertz CT molecular complexity index is 336. The Labute approximate surface area is 95.8 Å². The molecule has 90 valence electrons. The zero-order valence-corrected chi connectivity index (χ0v) is 10.1. The van der Waals surface area contributed by atoms with Gasteiger partial charge in [0.1, 0.15) is 6.04 Å². The topological polar surface area (TPSA) is 56.1 Å². The molecule has 0 aromatic carbocycles. The molecule has 1 N–H and O–H groups in total. The van der Waals surface area contributed by atoms with Gasteiger partial charge in [0.15, 0.2) is 0 Å². The van der Waals surface area contributed by atoms with Gasteiger partial charge in [-0.1, -0.05) is 6.92 Å². The third-order valence-electron chi connectivity index (χ3n) is 2.18. The highest BCUT2D eigenvalue weighted by molar-refractivity contribution is 5.77. The maximum Gasteiger partial charge on any atom is 0.327 e. The van der Waals surface area contributed by atoms with Gasteiger partial charge in [-0.15, -0.1) is 0 Å². The average Bonchev–Trinajstić information content (AvgIpc) is 2.66. The molecule has 1 atom stereocenters. The number of carbonyl (C=O) groups is 1. The van der Waals surface area contributed by atoms with E-state index in [1.807, 2.05) is 13.2 Å². The molecule has 0 spiro atoms. The molecule has 0 aliphatic carbocycles. The number of hydrogen-bond acceptors (Lipinski definition) is 4. The van der Waals surface area contributed by atoms with Crippen molar-refractivity contribution in [3.05, 3.63) is 18.0 Å². The van der Waals surface area contributed by atoms with Crippen LogP contribution in [0.1, 0.15) is 31.9 Å². The number of nitrogens with one attached hydrogen (secondary N) is 1. The molecule has 0 aliphatic rings.